The molecular weight excluding hydrogens is 356 g/mol. The predicted molar refractivity (Wildman–Crippen MR) is 101 cm³/mol. The van der Waals surface area contributed by atoms with E-state index in [0.29, 0.717) is 13.0 Å². The highest BCUT2D eigenvalue weighted by Gasteiger charge is 2.16. The van der Waals surface area contributed by atoms with Gasteiger partial charge >= 0.3 is 0 Å². The molecule has 1 N–H and O–H groups in total. The Morgan fingerprint density at radius 3 is 2.19 bits per heavy atom. The molecule has 0 amide bonds. The van der Waals surface area contributed by atoms with Crippen molar-refractivity contribution in [3.05, 3.63) is 29.8 Å². The summed E-state index contributed by atoms with van der Waals surface area (Å²) in [6.07, 6.45) is 0. The lowest BCUT2D eigenvalue weighted by molar-refractivity contribution is -0.138. The Balaban J connectivity index is 0.000000412. The largest absolute Gasteiger partial charge is 0.462 e. The molecule has 1 aromatic carbocycles. The average Bonchev–Trinajstić information content (AvgIpc) is 2.55. The molecule has 8 heteroatoms. The molecule has 1 aliphatic rings. The molecule has 0 aromatic heterocycles. The van der Waals surface area contributed by atoms with E-state index in [0.717, 1.165) is 31.7 Å². The molecule has 0 atom stereocenters. The second-order valence-electron chi connectivity index (χ2n) is 7.01. The number of carbonyl (C=O) groups is 1. The first-order valence-electron chi connectivity index (χ1n) is 8.65. The minimum absolute atomic E-state index is 0.205. The van der Waals surface area contributed by atoms with Crippen molar-refractivity contribution < 1.29 is 22.1 Å². The van der Waals surface area contributed by atoms with E-state index >= 15 is 0 Å². The van der Waals surface area contributed by atoms with Crippen LogP contribution in [0.3, 0.4) is 0 Å². The van der Waals surface area contributed by atoms with Gasteiger partial charge in [0.15, 0.2) is 0 Å². The summed E-state index contributed by atoms with van der Waals surface area (Å²) in [7, 11) is -3.62. The Morgan fingerprint density at radius 1 is 1.15 bits per heavy atom. The Morgan fingerprint density at radius 2 is 1.73 bits per heavy atom. The van der Waals surface area contributed by atoms with Gasteiger partial charge in [0.05, 0.1) is 11.5 Å². The maximum absolute atomic E-state index is 11.9. The van der Waals surface area contributed by atoms with Gasteiger partial charge < -0.3 is 10.1 Å². The van der Waals surface area contributed by atoms with Crippen molar-refractivity contribution in [3.8, 4) is 0 Å². The van der Waals surface area contributed by atoms with E-state index in [1.165, 1.54) is 0 Å². The summed E-state index contributed by atoms with van der Waals surface area (Å²) in [5.41, 5.74) is 0.710. The van der Waals surface area contributed by atoms with Gasteiger partial charge in [0.25, 0.3) is 16.6 Å². The number of nitrogens with one attached hydrogen (secondary N) is 1. The van der Waals surface area contributed by atoms with Gasteiger partial charge in [0.2, 0.25) is 0 Å². The molecule has 0 aliphatic carbocycles. The van der Waals surface area contributed by atoms with Crippen LogP contribution < -0.4 is 5.32 Å². The smallest absolute Gasteiger partial charge is 0.297 e. The molecular formula is C18H30N2O5S. The van der Waals surface area contributed by atoms with E-state index in [1.54, 1.807) is 24.3 Å². The van der Waals surface area contributed by atoms with Gasteiger partial charge in [0.1, 0.15) is 5.60 Å². The third-order valence-electron chi connectivity index (χ3n) is 3.57. The van der Waals surface area contributed by atoms with Crippen molar-refractivity contribution >= 4 is 16.6 Å². The van der Waals surface area contributed by atoms with Crippen LogP contribution in [0.4, 0.5) is 0 Å². The van der Waals surface area contributed by atoms with E-state index in [2.05, 4.69) is 15.0 Å². The normalized spacial score (nSPS) is 15.7. The second-order valence-corrected chi connectivity index (χ2v) is 8.62. The van der Waals surface area contributed by atoms with E-state index in [9.17, 15) is 13.2 Å². The molecule has 0 radical (unpaired) electrons. The summed E-state index contributed by atoms with van der Waals surface area (Å²) < 4.78 is 33.5. The van der Waals surface area contributed by atoms with Crippen LogP contribution in [0.1, 0.15) is 26.3 Å². The molecule has 1 aromatic rings. The number of aryl methyl sites for hydroxylation is 1. The number of ether oxygens (including phenoxy) is 1. The lowest BCUT2D eigenvalue weighted by atomic mass is 10.2. The molecule has 7 nitrogen and oxygen atoms in total. The van der Waals surface area contributed by atoms with Crippen LogP contribution in [0.25, 0.3) is 0 Å². The van der Waals surface area contributed by atoms with Crippen LogP contribution >= 0.6 is 0 Å². The fourth-order valence-corrected chi connectivity index (χ4v) is 3.03. The van der Waals surface area contributed by atoms with Crippen LogP contribution in [0.2, 0.25) is 0 Å². The molecule has 1 fully saturated rings. The Labute approximate surface area is 156 Å². The van der Waals surface area contributed by atoms with E-state index in [1.807, 2.05) is 27.7 Å². The van der Waals surface area contributed by atoms with E-state index < -0.39 is 10.1 Å². The highest BCUT2D eigenvalue weighted by Crippen LogP contribution is 2.13. The maximum Gasteiger partial charge on any atom is 0.297 e. The van der Waals surface area contributed by atoms with Gasteiger partial charge in [0, 0.05) is 32.7 Å². The molecule has 1 heterocycles. The predicted octanol–water partition coefficient (Wildman–Crippen LogP) is 1.56. The van der Waals surface area contributed by atoms with Gasteiger partial charge in [-0.15, -0.1) is 0 Å². The molecule has 1 saturated heterocycles. The molecule has 0 unspecified atom stereocenters. The zero-order valence-electron chi connectivity index (χ0n) is 16.0. The van der Waals surface area contributed by atoms with Crippen LogP contribution in [0.15, 0.2) is 29.2 Å². The van der Waals surface area contributed by atoms with Crippen LogP contribution in [-0.4, -0.2) is 64.7 Å². The summed E-state index contributed by atoms with van der Waals surface area (Å²) >= 11 is 0. The molecule has 0 saturated carbocycles. The van der Waals surface area contributed by atoms with Gasteiger partial charge in [-0.05, 0) is 39.8 Å². The monoisotopic (exact) mass is 386 g/mol. The number of hydrogen-bond donors (Lipinski definition) is 1. The number of rotatable bonds is 6. The summed E-state index contributed by atoms with van der Waals surface area (Å²) in [5.74, 6) is 0. The molecule has 148 valence electrons. The molecule has 0 spiro atoms. The maximum atomic E-state index is 11.9. The number of piperazine rings is 1. The van der Waals surface area contributed by atoms with Crippen LogP contribution in [0, 0.1) is 6.92 Å². The zero-order valence-corrected chi connectivity index (χ0v) is 16.8. The minimum atomic E-state index is -3.62. The lowest BCUT2D eigenvalue weighted by Crippen LogP contribution is -2.44. The first kappa shape index (κ1) is 22.6. The third kappa shape index (κ3) is 9.28. The molecule has 26 heavy (non-hydrogen) atoms. The minimum Gasteiger partial charge on any atom is -0.462 e. The first-order chi connectivity index (χ1) is 12.1. The summed E-state index contributed by atoms with van der Waals surface area (Å²) in [6, 6.07) is 6.70. The van der Waals surface area contributed by atoms with Crippen molar-refractivity contribution in [2.75, 3.05) is 39.3 Å². The molecule has 1 aliphatic heterocycles. The van der Waals surface area contributed by atoms with Crippen molar-refractivity contribution in [3.63, 3.8) is 0 Å². The molecule has 2 rings (SSSR count). The topological polar surface area (TPSA) is 84.9 Å². The van der Waals surface area contributed by atoms with Crippen molar-refractivity contribution in [1.82, 2.24) is 10.2 Å². The highest BCUT2D eigenvalue weighted by molar-refractivity contribution is 7.86. The third-order valence-corrected chi connectivity index (χ3v) is 4.89. The molecule has 0 bridgehead atoms. The second kappa shape index (κ2) is 10.6. The van der Waals surface area contributed by atoms with Gasteiger partial charge in [-0.1, -0.05) is 17.7 Å². The number of benzene rings is 1. The van der Waals surface area contributed by atoms with Gasteiger partial charge in [-0.25, -0.2) is 0 Å². The van der Waals surface area contributed by atoms with Crippen LogP contribution in [-0.2, 0) is 23.8 Å². The summed E-state index contributed by atoms with van der Waals surface area (Å²) in [4.78, 5) is 12.0. The van der Waals surface area contributed by atoms with E-state index in [-0.39, 0.29) is 17.1 Å². The summed E-state index contributed by atoms with van der Waals surface area (Å²) in [6.45, 7) is 12.5. The van der Waals surface area contributed by atoms with Crippen molar-refractivity contribution in [2.45, 2.75) is 38.2 Å². The van der Waals surface area contributed by atoms with Crippen molar-refractivity contribution in [1.29, 1.82) is 0 Å². The van der Waals surface area contributed by atoms with E-state index in [4.69, 9.17) is 4.18 Å². The average molecular weight is 387 g/mol. The van der Waals surface area contributed by atoms with Crippen LogP contribution in [0.5, 0.6) is 0 Å². The quantitative estimate of drug-likeness (QED) is 0.587. The fraction of sp³-hybridized carbons (Fsp3) is 0.611. The number of hydrogen-bond acceptors (Lipinski definition) is 7. The summed E-state index contributed by atoms with van der Waals surface area (Å²) in [5, 5.41) is 3.25. The van der Waals surface area contributed by atoms with Crippen molar-refractivity contribution in [2.24, 2.45) is 0 Å². The van der Waals surface area contributed by atoms with Gasteiger partial charge in [-0.2, -0.15) is 8.42 Å². The SMILES string of the molecule is CC(C)(C)OC=O.Cc1ccc(S(=O)(=O)OCCN2CCNCC2)cc1. The fourth-order valence-electron chi connectivity index (χ4n) is 2.13. The number of carbonyl (C=O) groups excluding carboxylic acids is 1. The Bertz CT molecular complexity index is 633. The Hall–Kier alpha value is -1.48. The first-order valence-corrected chi connectivity index (χ1v) is 10.1. The van der Waals surface area contributed by atoms with Gasteiger partial charge in [-0.3, -0.25) is 13.9 Å². The highest BCUT2D eigenvalue weighted by atomic mass is 32.2. The number of nitrogens with zero attached hydrogens (tertiary/aromatic N) is 1. The standard InChI is InChI=1S/C13H20N2O3S.C5H10O2/c1-12-2-4-13(5-3-12)19(16,17)18-11-10-15-8-6-14-7-9-15;1-5(2,3)7-4-6/h2-5,14H,6-11H2,1H3;4H,1-3H3. The lowest BCUT2D eigenvalue weighted by Gasteiger charge is -2.26. The zero-order chi connectivity index (χ0) is 19.6. The Kier molecular flexibility index (Phi) is 9.21.